The van der Waals surface area contributed by atoms with E-state index in [0.29, 0.717) is 16.6 Å². The standard InChI is InChI=1S/C13H15BrN4O2/c1-2-15-6-10-7-16-17(8-10)9-11-3-4-12(14)5-13(11)18(19)20/h3-5,7-8,15H,2,6,9H2,1H3. The zero-order chi connectivity index (χ0) is 14.5. The number of halogens is 1. The third kappa shape index (κ3) is 3.64. The van der Waals surface area contributed by atoms with Crippen LogP contribution in [0.1, 0.15) is 18.1 Å². The summed E-state index contributed by atoms with van der Waals surface area (Å²) >= 11 is 3.25. The Morgan fingerprint density at radius 3 is 3.00 bits per heavy atom. The normalized spacial score (nSPS) is 10.7. The summed E-state index contributed by atoms with van der Waals surface area (Å²) in [7, 11) is 0. The Morgan fingerprint density at radius 1 is 1.50 bits per heavy atom. The summed E-state index contributed by atoms with van der Waals surface area (Å²) in [5.41, 5.74) is 1.80. The molecular formula is C13H15BrN4O2. The first-order valence-electron chi connectivity index (χ1n) is 6.25. The van der Waals surface area contributed by atoms with Gasteiger partial charge in [0.25, 0.3) is 5.69 Å². The first-order valence-corrected chi connectivity index (χ1v) is 7.04. The van der Waals surface area contributed by atoms with Crippen molar-refractivity contribution in [1.82, 2.24) is 15.1 Å². The van der Waals surface area contributed by atoms with E-state index in [9.17, 15) is 10.1 Å². The second kappa shape index (κ2) is 6.62. The third-order valence-electron chi connectivity index (χ3n) is 2.84. The van der Waals surface area contributed by atoms with E-state index in [2.05, 4.69) is 26.3 Å². The molecule has 0 saturated heterocycles. The molecule has 6 nitrogen and oxygen atoms in total. The minimum Gasteiger partial charge on any atom is -0.313 e. The molecule has 20 heavy (non-hydrogen) atoms. The van der Waals surface area contributed by atoms with E-state index < -0.39 is 0 Å². The van der Waals surface area contributed by atoms with Gasteiger partial charge < -0.3 is 5.32 Å². The van der Waals surface area contributed by atoms with Crippen LogP contribution in [0.15, 0.2) is 35.1 Å². The quantitative estimate of drug-likeness (QED) is 0.649. The van der Waals surface area contributed by atoms with Crippen LogP contribution >= 0.6 is 15.9 Å². The average Bonchev–Trinajstić information content (AvgIpc) is 2.86. The second-order valence-corrected chi connectivity index (χ2v) is 5.27. The van der Waals surface area contributed by atoms with Crippen LogP contribution in [-0.2, 0) is 13.1 Å². The minimum absolute atomic E-state index is 0.100. The molecule has 0 atom stereocenters. The summed E-state index contributed by atoms with van der Waals surface area (Å²) in [6.07, 6.45) is 3.67. The number of nitro benzene ring substituents is 1. The van der Waals surface area contributed by atoms with Gasteiger partial charge in [-0.3, -0.25) is 14.8 Å². The molecule has 0 spiro atoms. The monoisotopic (exact) mass is 338 g/mol. The van der Waals surface area contributed by atoms with Crippen LogP contribution in [0, 0.1) is 10.1 Å². The number of nitrogens with zero attached hydrogens (tertiary/aromatic N) is 3. The molecule has 0 amide bonds. The Bertz CT molecular complexity index is 612. The van der Waals surface area contributed by atoms with Gasteiger partial charge in [-0.05, 0) is 18.7 Å². The highest BCUT2D eigenvalue weighted by Crippen LogP contribution is 2.24. The summed E-state index contributed by atoms with van der Waals surface area (Å²) in [6, 6.07) is 5.05. The Balaban J connectivity index is 2.17. The van der Waals surface area contributed by atoms with Crippen molar-refractivity contribution in [3.8, 4) is 0 Å². The molecule has 1 aromatic carbocycles. The molecule has 0 fully saturated rings. The zero-order valence-electron chi connectivity index (χ0n) is 11.0. The molecule has 7 heteroatoms. The number of hydrogen-bond acceptors (Lipinski definition) is 4. The first kappa shape index (κ1) is 14.7. The number of nitro groups is 1. The maximum Gasteiger partial charge on any atom is 0.275 e. The highest BCUT2D eigenvalue weighted by atomic mass is 79.9. The molecule has 1 N–H and O–H groups in total. The van der Waals surface area contributed by atoms with E-state index in [0.717, 1.165) is 18.7 Å². The van der Waals surface area contributed by atoms with Crippen molar-refractivity contribution in [2.45, 2.75) is 20.0 Å². The van der Waals surface area contributed by atoms with Crippen LogP contribution in [-0.4, -0.2) is 21.2 Å². The molecule has 1 aromatic heterocycles. The van der Waals surface area contributed by atoms with Crippen LogP contribution in [0.4, 0.5) is 5.69 Å². The SMILES string of the molecule is CCNCc1cnn(Cc2ccc(Br)cc2[N+](=O)[O-])c1. The van der Waals surface area contributed by atoms with Gasteiger partial charge in [0, 0.05) is 28.8 Å². The van der Waals surface area contributed by atoms with Crippen molar-refractivity contribution in [2.24, 2.45) is 0 Å². The Hall–Kier alpha value is -1.73. The van der Waals surface area contributed by atoms with Crippen molar-refractivity contribution in [3.63, 3.8) is 0 Å². The van der Waals surface area contributed by atoms with Gasteiger partial charge in [0.2, 0.25) is 0 Å². The maximum atomic E-state index is 11.1. The molecule has 2 rings (SSSR count). The number of benzene rings is 1. The van der Waals surface area contributed by atoms with Crippen molar-refractivity contribution in [2.75, 3.05) is 6.54 Å². The fraction of sp³-hybridized carbons (Fsp3) is 0.308. The number of aromatic nitrogens is 2. The molecule has 106 valence electrons. The summed E-state index contributed by atoms with van der Waals surface area (Å²) in [4.78, 5) is 10.7. The molecule has 0 bridgehead atoms. The smallest absolute Gasteiger partial charge is 0.275 e. The summed E-state index contributed by atoms with van der Waals surface area (Å²) in [5, 5.41) is 18.5. The number of nitrogens with one attached hydrogen (secondary N) is 1. The second-order valence-electron chi connectivity index (χ2n) is 4.36. The van der Waals surface area contributed by atoms with Crippen LogP contribution in [0.25, 0.3) is 0 Å². The Morgan fingerprint density at radius 2 is 2.30 bits per heavy atom. The lowest BCUT2D eigenvalue weighted by Crippen LogP contribution is -2.11. The molecule has 0 aliphatic heterocycles. The van der Waals surface area contributed by atoms with Crippen molar-refractivity contribution in [3.05, 3.63) is 56.3 Å². The Labute approximate surface area is 125 Å². The molecule has 2 aromatic rings. The third-order valence-corrected chi connectivity index (χ3v) is 3.34. The van der Waals surface area contributed by atoms with Crippen LogP contribution in [0.5, 0.6) is 0 Å². The first-order chi connectivity index (χ1) is 9.60. The van der Waals surface area contributed by atoms with Gasteiger partial charge in [-0.2, -0.15) is 5.10 Å². The minimum atomic E-state index is -0.372. The molecule has 0 aliphatic carbocycles. The van der Waals surface area contributed by atoms with Crippen LogP contribution in [0.3, 0.4) is 0 Å². The van der Waals surface area contributed by atoms with E-state index in [1.54, 1.807) is 23.0 Å². The molecule has 0 saturated carbocycles. The van der Waals surface area contributed by atoms with E-state index in [4.69, 9.17) is 0 Å². The predicted octanol–water partition coefficient (Wildman–Crippen LogP) is 2.71. The van der Waals surface area contributed by atoms with Crippen molar-refractivity contribution in [1.29, 1.82) is 0 Å². The predicted molar refractivity (Wildman–Crippen MR) is 79.5 cm³/mol. The molecule has 0 radical (unpaired) electrons. The largest absolute Gasteiger partial charge is 0.313 e. The van der Waals surface area contributed by atoms with Gasteiger partial charge in [0.15, 0.2) is 0 Å². The molecule has 0 unspecified atom stereocenters. The van der Waals surface area contributed by atoms with Gasteiger partial charge in [-0.15, -0.1) is 0 Å². The van der Waals surface area contributed by atoms with Gasteiger partial charge in [-0.25, -0.2) is 0 Å². The lowest BCUT2D eigenvalue weighted by Gasteiger charge is -2.04. The average molecular weight is 339 g/mol. The van der Waals surface area contributed by atoms with E-state index in [-0.39, 0.29) is 10.6 Å². The Kier molecular flexibility index (Phi) is 4.86. The number of rotatable bonds is 6. The van der Waals surface area contributed by atoms with E-state index in [1.807, 2.05) is 13.1 Å². The fourth-order valence-corrected chi connectivity index (χ4v) is 2.22. The highest BCUT2D eigenvalue weighted by molar-refractivity contribution is 9.10. The molecule has 0 aliphatic rings. The van der Waals surface area contributed by atoms with Gasteiger partial charge in [-0.1, -0.05) is 22.9 Å². The van der Waals surface area contributed by atoms with E-state index >= 15 is 0 Å². The molecular weight excluding hydrogens is 324 g/mol. The fourth-order valence-electron chi connectivity index (χ4n) is 1.87. The summed E-state index contributed by atoms with van der Waals surface area (Å²) in [6.45, 7) is 4.06. The summed E-state index contributed by atoms with van der Waals surface area (Å²) in [5.74, 6) is 0. The number of hydrogen-bond donors (Lipinski definition) is 1. The zero-order valence-corrected chi connectivity index (χ0v) is 12.6. The summed E-state index contributed by atoms with van der Waals surface area (Å²) < 4.78 is 2.41. The van der Waals surface area contributed by atoms with Crippen molar-refractivity contribution >= 4 is 21.6 Å². The van der Waals surface area contributed by atoms with Crippen LogP contribution < -0.4 is 5.32 Å². The maximum absolute atomic E-state index is 11.1. The van der Waals surface area contributed by atoms with Gasteiger partial charge in [0.1, 0.15) is 0 Å². The van der Waals surface area contributed by atoms with E-state index in [1.165, 1.54) is 6.07 Å². The topological polar surface area (TPSA) is 73.0 Å². The lowest BCUT2D eigenvalue weighted by atomic mass is 10.2. The van der Waals surface area contributed by atoms with Crippen molar-refractivity contribution < 1.29 is 4.92 Å². The lowest BCUT2D eigenvalue weighted by molar-refractivity contribution is -0.385. The van der Waals surface area contributed by atoms with Gasteiger partial charge >= 0.3 is 0 Å². The van der Waals surface area contributed by atoms with Gasteiger partial charge in [0.05, 0.1) is 23.2 Å². The molecule has 1 heterocycles. The van der Waals surface area contributed by atoms with Crippen LogP contribution in [0.2, 0.25) is 0 Å². The highest BCUT2D eigenvalue weighted by Gasteiger charge is 2.14.